The molecule has 0 amide bonds. The molecule has 0 spiro atoms. The molecule has 1 aromatic heterocycles. The van der Waals surface area contributed by atoms with Crippen molar-refractivity contribution < 1.29 is 18.3 Å². The van der Waals surface area contributed by atoms with Crippen molar-refractivity contribution in [3.05, 3.63) is 47.3 Å². The van der Waals surface area contributed by atoms with Crippen molar-refractivity contribution in [1.29, 1.82) is 0 Å². The highest BCUT2D eigenvalue weighted by Gasteiger charge is 2.31. The second kappa shape index (κ2) is 5.22. The number of aromatic carboxylic acids is 1. The molecule has 1 aliphatic rings. The van der Waals surface area contributed by atoms with Crippen LogP contribution in [0.2, 0.25) is 0 Å². The molecule has 0 fully saturated rings. The highest BCUT2D eigenvalue weighted by atomic mass is 32.2. The summed E-state index contributed by atoms with van der Waals surface area (Å²) >= 11 is 0. The minimum absolute atomic E-state index is 0.0443. The summed E-state index contributed by atoms with van der Waals surface area (Å²) in [4.78, 5) is 11.4. The van der Waals surface area contributed by atoms with Crippen LogP contribution in [-0.4, -0.2) is 46.4 Å². The summed E-state index contributed by atoms with van der Waals surface area (Å²) < 4.78 is 26.3. The molecule has 0 bridgehead atoms. The maximum absolute atomic E-state index is 11.7. The van der Waals surface area contributed by atoms with Gasteiger partial charge in [-0.15, -0.1) is 0 Å². The number of fused-ring (bicyclic) bond motifs is 1. The minimum Gasteiger partial charge on any atom is -0.476 e. The summed E-state index contributed by atoms with van der Waals surface area (Å²) in [6.07, 6.45) is 1.55. The molecule has 0 unspecified atom stereocenters. The Hall–Kier alpha value is -2.19. The molecule has 0 atom stereocenters. The lowest BCUT2D eigenvalue weighted by molar-refractivity contribution is 0.0688. The van der Waals surface area contributed by atoms with E-state index in [1.54, 1.807) is 4.68 Å². The van der Waals surface area contributed by atoms with E-state index in [9.17, 15) is 18.3 Å². The first-order valence-corrected chi connectivity index (χ1v) is 8.57. The van der Waals surface area contributed by atoms with Gasteiger partial charge in [0.2, 0.25) is 10.0 Å². The fourth-order valence-electron chi connectivity index (χ4n) is 2.63. The zero-order valence-corrected chi connectivity index (χ0v) is 12.7. The molecule has 7 nitrogen and oxygen atoms in total. The molecule has 0 saturated heterocycles. The number of aromatic nitrogens is 2. The molecule has 1 aliphatic heterocycles. The van der Waals surface area contributed by atoms with E-state index >= 15 is 0 Å². The van der Waals surface area contributed by atoms with E-state index in [0.29, 0.717) is 18.5 Å². The number of benzene rings is 1. The number of hydrogen-bond acceptors (Lipinski definition) is 4. The predicted molar refractivity (Wildman–Crippen MR) is 79.5 cm³/mol. The fraction of sp³-hybridized carbons (Fsp3) is 0.286. The molecule has 8 heteroatoms. The monoisotopic (exact) mass is 321 g/mol. The van der Waals surface area contributed by atoms with Gasteiger partial charge in [0.05, 0.1) is 17.6 Å². The molecule has 3 rings (SSSR count). The van der Waals surface area contributed by atoms with Gasteiger partial charge in [0.1, 0.15) is 0 Å². The van der Waals surface area contributed by atoms with E-state index in [-0.39, 0.29) is 12.2 Å². The number of carbonyl (C=O) groups is 1. The van der Waals surface area contributed by atoms with Crippen LogP contribution in [0.3, 0.4) is 0 Å². The summed E-state index contributed by atoms with van der Waals surface area (Å²) in [6.45, 7) is 0.367. The van der Waals surface area contributed by atoms with Gasteiger partial charge in [-0.05, 0) is 12.1 Å². The molecule has 0 aliphatic carbocycles. The van der Waals surface area contributed by atoms with Crippen LogP contribution in [0.5, 0.6) is 0 Å². The Morgan fingerprint density at radius 3 is 2.55 bits per heavy atom. The second-order valence-corrected chi connectivity index (χ2v) is 7.16. The molecular formula is C14H15N3O4S. The first-order valence-electron chi connectivity index (χ1n) is 6.72. The third kappa shape index (κ3) is 2.51. The number of rotatable bonds is 3. The van der Waals surface area contributed by atoms with Crippen molar-refractivity contribution >= 4 is 16.0 Å². The van der Waals surface area contributed by atoms with Crippen molar-refractivity contribution in [3.8, 4) is 5.69 Å². The van der Waals surface area contributed by atoms with E-state index in [1.807, 2.05) is 30.3 Å². The molecule has 1 N–H and O–H groups in total. The number of para-hydroxylation sites is 1. The lowest BCUT2D eigenvalue weighted by Gasteiger charge is -2.25. The van der Waals surface area contributed by atoms with Crippen LogP contribution in [-0.2, 0) is 23.0 Å². The molecule has 116 valence electrons. The highest BCUT2D eigenvalue weighted by Crippen LogP contribution is 2.26. The Morgan fingerprint density at radius 1 is 1.27 bits per heavy atom. The number of carboxylic acid groups (broad SMARTS) is 1. The second-order valence-electron chi connectivity index (χ2n) is 5.17. The molecule has 0 saturated carbocycles. The topological polar surface area (TPSA) is 92.5 Å². The number of sulfonamides is 1. The van der Waals surface area contributed by atoms with Gasteiger partial charge < -0.3 is 5.11 Å². The van der Waals surface area contributed by atoms with Crippen molar-refractivity contribution in [2.75, 3.05) is 12.8 Å². The molecule has 2 heterocycles. The van der Waals surface area contributed by atoms with Gasteiger partial charge in [0.25, 0.3) is 0 Å². The quantitative estimate of drug-likeness (QED) is 0.906. The van der Waals surface area contributed by atoms with Crippen LogP contribution in [0.1, 0.15) is 21.7 Å². The van der Waals surface area contributed by atoms with Gasteiger partial charge in [-0.2, -0.15) is 9.40 Å². The number of carboxylic acids is 1. The predicted octanol–water partition coefficient (Wildman–Crippen LogP) is 0.888. The maximum Gasteiger partial charge on any atom is 0.356 e. The fourth-order valence-corrected chi connectivity index (χ4v) is 3.42. The molecule has 0 radical (unpaired) electrons. The van der Waals surface area contributed by atoms with Crippen molar-refractivity contribution in [1.82, 2.24) is 14.1 Å². The molecular weight excluding hydrogens is 306 g/mol. The number of nitrogens with zero attached hydrogens (tertiary/aromatic N) is 3. The standard InChI is InChI=1S/C14H15N3O4S/c1-22(20,21)16-8-7-12-11(9-16)13(14(18)19)15-17(12)10-5-3-2-4-6-10/h2-6H,7-9H2,1H3,(H,18,19). The zero-order valence-electron chi connectivity index (χ0n) is 11.9. The summed E-state index contributed by atoms with van der Waals surface area (Å²) in [5.74, 6) is -1.15. The van der Waals surface area contributed by atoms with E-state index in [1.165, 1.54) is 4.31 Å². The zero-order chi connectivity index (χ0) is 15.9. The summed E-state index contributed by atoms with van der Waals surface area (Å²) in [5, 5.41) is 13.5. The highest BCUT2D eigenvalue weighted by molar-refractivity contribution is 7.88. The van der Waals surface area contributed by atoms with Crippen molar-refractivity contribution in [3.63, 3.8) is 0 Å². The maximum atomic E-state index is 11.7. The smallest absolute Gasteiger partial charge is 0.356 e. The third-order valence-corrected chi connectivity index (χ3v) is 4.94. The van der Waals surface area contributed by atoms with Crippen LogP contribution >= 0.6 is 0 Å². The van der Waals surface area contributed by atoms with Crippen LogP contribution in [0.25, 0.3) is 5.69 Å². The molecule has 1 aromatic carbocycles. The third-order valence-electron chi connectivity index (χ3n) is 3.69. The first kappa shape index (κ1) is 14.7. The van der Waals surface area contributed by atoms with E-state index in [0.717, 1.165) is 17.6 Å². The Kier molecular flexibility index (Phi) is 3.50. The Morgan fingerprint density at radius 2 is 1.95 bits per heavy atom. The average Bonchev–Trinajstić information content (AvgIpc) is 2.86. The van der Waals surface area contributed by atoms with Crippen LogP contribution in [0.15, 0.2) is 30.3 Å². The van der Waals surface area contributed by atoms with E-state index in [4.69, 9.17) is 0 Å². The van der Waals surface area contributed by atoms with Gasteiger partial charge in [-0.25, -0.2) is 17.9 Å². The van der Waals surface area contributed by atoms with Gasteiger partial charge in [-0.1, -0.05) is 18.2 Å². The SMILES string of the molecule is CS(=O)(=O)N1CCc2c(c(C(=O)O)nn2-c2ccccc2)C1. The van der Waals surface area contributed by atoms with E-state index < -0.39 is 16.0 Å². The Balaban J connectivity index is 2.13. The minimum atomic E-state index is -3.36. The molecule has 22 heavy (non-hydrogen) atoms. The van der Waals surface area contributed by atoms with Crippen molar-refractivity contribution in [2.24, 2.45) is 0 Å². The van der Waals surface area contributed by atoms with Gasteiger partial charge in [0, 0.05) is 25.1 Å². The summed E-state index contributed by atoms with van der Waals surface area (Å²) in [6, 6.07) is 9.22. The lowest BCUT2D eigenvalue weighted by atomic mass is 10.1. The van der Waals surface area contributed by atoms with E-state index in [2.05, 4.69) is 5.10 Å². The Bertz CT molecular complexity index is 827. The first-order chi connectivity index (χ1) is 10.4. The lowest BCUT2D eigenvalue weighted by Crippen LogP contribution is -2.35. The van der Waals surface area contributed by atoms with Gasteiger partial charge >= 0.3 is 5.97 Å². The Labute approximate surface area is 127 Å². The van der Waals surface area contributed by atoms with Crippen LogP contribution in [0.4, 0.5) is 0 Å². The van der Waals surface area contributed by atoms with Gasteiger partial charge in [0.15, 0.2) is 5.69 Å². The summed E-state index contributed by atoms with van der Waals surface area (Å²) in [7, 11) is -3.36. The van der Waals surface area contributed by atoms with Crippen LogP contribution < -0.4 is 0 Å². The molecule has 2 aromatic rings. The average molecular weight is 321 g/mol. The van der Waals surface area contributed by atoms with Crippen LogP contribution in [0, 0.1) is 0 Å². The number of hydrogen-bond donors (Lipinski definition) is 1. The summed E-state index contributed by atoms with van der Waals surface area (Å²) in [5.41, 5.74) is 1.89. The van der Waals surface area contributed by atoms with Gasteiger partial charge in [-0.3, -0.25) is 0 Å². The normalized spacial score (nSPS) is 15.5. The largest absolute Gasteiger partial charge is 0.476 e. The van der Waals surface area contributed by atoms with Crippen molar-refractivity contribution in [2.45, 2.75) is 13.0 Å².